The molecule has 0 spiro atoms. The van der Waals surface area contributed by atoms with Crippen LogP contribution >= 0.6 is 0 Å². The zero-order valence-corrected chi connectivity index (χ0v) is 13.7. The van der Waals surface area contributed by atoms with Crippen molar-refractivity contribution in [2.24, 2.45) is 0 Å². The van der Waals surface area contributed by atoms with E-state index in [1.807, 2.05) is 0 Å². The topological polar surface area (TPSA) is 72.9 Å². The first-order valence-corrected chi connectivity index (χ1v) is 7.97. The second kappa shape index (κ2) is 7.17. The number of fused-ring (bicyclic) bond motifs is 1. The van der Waals surface area contributed by atoms with E-state index in [2.05, 4.69) is 0 Å². The first-order valence-electron chi connectivity index (χ1n) is 7.97. The molecule has 0 atom stereocenters. The number of carbonyl (C=O) groups is 3. The smallest absolute Gasteiger partial charge is 0.338 e. The number of benzene rings is 2. The van der Waals surface area contributed by atoms with Crippen molar-refractivity contribution in [2.45, 2.75) is 6.92 Å². The summed E-state index contributed by atoms with van der Waals surface area (Å²) in [6, 6.07) is 13.3. The van der Waals surface area contributed by atoms with Gasteiger partial charge in [0, 0.05) is 0 Å². The van der Waals surface area contributed by atoms with Crippen LogP contribution in [0.5, 0.6) is 5.75 Å². The molecular weight excluding hydrogens is 322 g/mol. The van der Waals surface area contributed by atoms with Crippen molar-refractivity contribution in [3.63, 3.8) is 0 Å². The molecule has 1 aliphatic rings. The predicted molar refractivity (Wildman–Crippen MR) is 89.7 cm³/mol. The van der Waals surface area contributed by atoms with Crippen LogP contribution in [0.3, 0.4) is 0 Å². The standard InChI is InChI=1S/C19H17NO5/c1-2-24-19(23)13-6-5-7-14(12-13)25-11-10-20-17(21)15-8-3-4-9-16(15)18(20)22/h3-9,12H,2,10-11H2,1H3. The third-order valence-electron chi connectivity index (χ3n) is 3.81. The van der Waals surface area contributed by atoms with Crippen molar-refractivity contribution in [3.05, 3.63) is 65.2 Å². The van der Waals surface area contributed by atoms with Gasteiger partial charge in [0.2, 0.25) is 0 Å². The molecule has 1 aliphatic heterocycles. The van der Waals surface area contributed by atoms with Crippen LogP contribution in [0, 0.1) is 0 Å². The molecule has 2 amide bonds. The molecule has 0 N–H and O–H groups in total. The van der Waals surface area contributed by atoms with Crippen LogP contribution in [0.25, 0.3) is 0 Å². The number of ether oxygens (including phenoxy) is 2. The molecule has 2 aromatic carbocycles. The lowest BCUT2D eigenvalue weighted by atomic mass is 10.1. The second-order valence-corrected chi connectivity index (χ2v) is 5.40. The Morgan fingerprint density at radius 2 is 1.68 bits per heavy atom. The first-order chi connectivity index (χ1) is 12.1. The highest BCUT2D eigenvalue weighted by Crippen LogP contribution is 2.22. The maximum absolute atomic E-state index is 12.3. The summed E-state index contributed by atoms with van der Waals surface area (Å²) in [5, 5.41) is 0. The number of imide groups is 1. The van der Waals surface area contributed by atoms with Gasteiger partial charge in [-0.05, 0) is 37.3 Å². The fourth-order valence-corrected chi connectivity index (χ4v) is 2.62. The van der Waals surface area contributed by atoms with Crippen LogP contribution in [0.1, 0.15) is 38.0 Å². The molecule has 0 bridgehead atoms. The van der Waals surface area contributed by atoms with Crippen molar-refractivity contribution in [1.82, 2.24) is 4.90 Å². The minimum Gasteiger partial charge on any atom is -0.492 e. The predicted octanol–water partition coefficient (Wildman–Crippen LogP) is 2.54. The second-order valence-electron chi connectivity index (χ2n) is 5.40. The lowest BCUT2D eigenvalue weighted by Crippen LogP contribution is -2.33. The van der Waals surface area contributed by atoms with E-state index in [0.29, 0.717) is 29.0 Å². The molecule has 0 fully saturated rings. The molecule has 6 nitrogen and oxygen atoms in total. The highest BCUT2D eigenvalue weighted by atomic mass is 16.5. The number of carbonyl (C=O) groups excluding carboxylic acids is 3. The third-order valence-corrected chi connectivity index (χ3v) is 3.81. The quantitative estimate of drug-likeness (QED) is 0.597. The fraction of sp³-hybridized carbons (Fsp3) is 0.211. The van der Waals surface area contributed by atoms with Gasteiger partial charge in [0.05, 0.1) is 29.8 Å². The maximum atomic E-state index is 12.3. The van der Waals surface area contributed by atoms with E-state index in [1.165, 1.54) is 4.90 Å². The average molecular weight is 339 g/mol. The average Bonchev–Trinajstić information content (AvgIpc) is 2.87. The van der Waals surface area contributed by atoms with Crippen LogP contribution in [0.2, 0.25) is 0 Å². The molecule has 3 rings (SSSR count). The summed E-state index contributed by atoms with van der Waals surface area (Å²) in [5.74, 6) is -0.579. The van der Waals surface area contributed by atoms with Crippen LogP contribution in [-0.2, 0) is 4.74 Å². The Bertz CT molecular complexity index is 795. The van der Waals surface area contributed by atoms with Gasteiger partial charge in [-0.15, -0.1) is 0 Å². The Hall–Kier alpha value is -3.15. The van der Waals surface area contributed by atoms with Crippen LogP contribution in [0.15, 0.2) is 48.5 Å². The van der Waals surface area contributed by atoms with Gasteiger partial charge in [0.1, 0.15) is 12.4 Å². The number of hydrogen-bond acceptors (Lipinski definition) is 5. The summed E-state index contributed by atoms with van der Waals surface area (Å²) >= 11 is 0. The van der Waals surface area contributed by atoms with Crippen molar-refractivity contribution >= 4 is 17.8 Å². The fourth-order valence-electron chi connectivity index (χ4n) is 2.62. The molecule has 1 heterocycles. The number of rotatable bonds is 6. The Morgan fingerprint density at radius 1 is 1.00 bits per heavy atom. The highest BCUT2D eigenvalue weighted by Gasteiger charge is 2.34. The van der Waals surface area contributed by atoms with Crippen molar-refractivity contribution in [1.29, 1.82) is 0 Å². The van der Waals surface area contributed by atoms with Crippen molar-refractivity contribution in [2.75, 3.05) is 19.8 Å². The van der Waals surface area contributed by atoms with E-state index in [4.69, 9.17) is 9.47 Å². The van der Waals surface area contributed by atoms with Gasteiger partial charge in [-0.25, -0.2) is 4.79 Å². The molecule has 0 radical (unpaired) electrons. The summed E-state index contributed by atoms with van der Waals surface area (Å²) in [4.78, 5) is 37.4. The molecule has 0 unspecified atom stereocenters. The SMILES string of the molecule is CCOC(=O)c1cccc(OCCN2C(=O)c3ccccc3C2=O)c1. The summed E-state index contributed by atoms with van der Waals surface area (Å²) in [5.41, 5.74) is 1.22. The number of esters is 1. The van der Waals surface area contributed by atoms with Crippen LogP contribution < -0.4 is 4.74 Å². The Kier molecular flexibility index (Phi) is 4.79. The molecule has 0 saturated heterocycles. The normalized spacial score (nSPS) is 12.9. The summed E-state index contributed by atoms with van der Waals surface area (Å²) in [6.45, 7) is 2.30. The van der Waals surface area contributed by atoms with Gasteiger partial charge >= 0.3 is 5.97 Å². The Labute approximate surface area is 145 Å². The molecular formula is C19H17NO5. The molecule has 0 aromatic heterocycles. The highest BCUT2D eigenvalue weighted by molar-refractivity contribution is 6.21. The lowest BCUT2D eigenvalue weighted by molar-refractivity contribution is 0.0525. The van der Waals surface area contributed by atoms with Crippen molar-refractivity contribution in [3.8, 4) is 5.75 Å². The zero-order valence-electron chi connectivity index (χ0n) is 13.7. The zero-order chi connectivity index (χ0) is 17.8. The monoisotopic (exact) mass is 339 g/mol. The molecule has 128 valence electrons. The molecule has 0 aliphatic carbocycles. The molecule has 2 aromatic rings. The summed E-state index contributed by atoms with van der Waals surface area (Å²) < 4.78 is 10.5. The van der Waals surface area contributed by atoms with Crippen molar-refractivity contribution < 1.29 is 23.9 Å². The van der Waals surface area contributed by atoms with Gasteiger partial charge < -0.3 is 9.47 Å². The maximum Gasteiger partial charge on any atom is 0.338 e. The van der Waals surface area contributed by atoms with E-state index >= 15 is 0 Å². The Balaban J connectivity index is 1.61. The number of amides is 2. The Morgan fingerprint density at radius 3 is 2.32 bits per heavy atom. The minimum absolute atomic E-state index is 0.135. The lowest BCUT2D eigenvalue weighted by Gasteiger charge is -2.14. The number of nitrogens with zero attached hydrogens (tertiary/aromatic N) is 1. The van der Waals surface area contributed by atoms with E-state index in [0.717, 1.165) is 0 Å². The first kappa shape index (κ1) is 16.7. The van der Waals surface area contributed by atoms with Gasteiger partial charge in [-0.3, -0.25) is 14.5 Å². The van der Waals surface area contributed by atoms with E-state index in [-0.39, 0.29) is 25.0 Å². The van der Waals surface area contributed by atoms with Gasteiger partial charge in [0.25, 0.3) is 11.8 Å². The van der Waals surface area contributed by atoms with E-state index in [1.54, 1.807) is 55.5 Å². The van der Waals surface area contributed by atoms with Crippen LogP contribution in [-0.4, -0.2) is 42.4 Å². The van der Waals surface area contributed by atoms with E-state index in [9.17, 15) is 14.4 Å². The molecule has 6 heteroatoms. The van der Waals surface area contributed by atoms with Crippen LogP contribution in [0.4, 0.5) is 0 Å². The molecule has 0 saturated carbocycles. The number of hydrogen-bond donors (Lipinski definition) is 0. The summed E-state index contributed by atoms with van der Waals surface area (Å²) in [6.07, 6.45) is 0. The minimum atomic E-state index is -0.423. The van der Waals surface area contributed by atoms with E-state index < -0.39 is 5.97 Å². The van der Waals surface area contributed by atoms with Gasteiger partial charge in [-0.1, -0.05) is 18.2 Å². The third kappa shape index (κ3) is 3.38. The van der Waals surface area contributed by atoms with Gasteiger partial charge in [0.15, 0.2) is 0 Å². The summed E-state index contributed by atoms with van der Waals surface area (Å²) in [7, 11) is 0. The van der Waals surface area contributed by atoms with Gasteiger partial charge in [-0.2, -0.15) is 0 Å². The largest absolute Gasteiger partial charge is 0.492 e. The molecule has 25 heavy (non-hydrogen) atoms.